The number of sulfonamides is 1. The molecule has 1 unspecified atom stereocenters. The topological polar surface area (TPSA) is 109 Å². The summed E-state index contributed by atoms with van der Waals surface area (Å²) in [6.07, 6.45) is 3.47. The van der Waals surface area contributed by atoms with Crippen LogP contribution in [0.2, 0.25) is 0 Å². The number of ether oxygens (including phenoxy) is 2. The number of rotatable bonds is 7. The maximum atomic E-state index is 11.9. The molecule has 1 aliphatic heterocycles. The highest BCUT2D eigenvalue weighted by Crippen LogP contribution is 2.31. The first-order valence-electron chi connectivity index (χ1n) is 11.3. The van der Waals surface area contributed by atoms with Crippen molar-refractivity contribution in [1.29, 1.82) is 0 Å². The van der Waals surface area contributed by atoms with Gasteiger partial charge in [-0.15, -0.1) is 0 Å². The summed E-state index contributed by atoms with van der Waals surface area (Å²) in [6.45, 7) is 4.71. The Morgan fingerprint density at radius 2 is 1.97 bits per heavy atom. The van der Waals surface area contributed by atoms with E-state index in [1.807, 2.05) is 56.3 Å². The van der Waals surface area contributed by atoms with Crippen molar-refractivity contribution >= 4 is 32.6 Å². The molecular weight excluding hydrogens is 466 g/mol. The number of hydrogen-bond donors (Lipinski definition) is 2. The predicted molar refractivity (Wildman–Crippen MR) is 135 cm³/mol. The number of nitrogens with one attached hydrogen (secondary N) is 2. The first-order valence-corrected chi connectivity index (χ1v) is 13.1. The van der Waals surface area contributed by atoms with Gasteiger partial charge in [0.05, 0.1) is 12.8 Å². The van der Waals surface area contributed by atoms with Crippen LogP contribution in [-0.2, 0) is 10.0 Å². The van der Waals surface area contributed by atoms with Gasteiger partial charge in [-0.3, -0.25) is 0 Å². The van der Waals surface area contributed by atoms with E-state index in [2.05, 4.69) is 26.3 Å². The molecule has 0 radical (unpaired) electrons. The number of nitrogens with zero attached hydrogens (tertiary/aromatic N) is 3. The maximum Gasteiger partial charge on any atom is 0.230 e. The van der Waals surface area contributed by atoms with E-state index in [1.165, 1.54) is 10.6 Å². The summed E-state index contributed by atoms with van der Waals surface area (Å²) in [5, 5.41) is 4.25. The summed E-state index contributed by atoms with van der Waals surface area (Å²) in [5.41, 5.74) is 2.29. The van der Waals surface area contributed by atoms with Gasteiger partial charge in [0.2, 0.25) is 21.9 Å². The van der Waals surface area contributed by atoms with Crippen LogP contribution in [0.15, 0.2) is 60.8 Å². The van der Waals surface area contributed by atoms with Crippen LogP contribution >= 0.6 is 0 Å². The third-order valence-corrected chi connectivity index (χ3v) is 7.15. The molecule has 1 fully saturated rings. The van der Waals surface area contributed by atoms with Gasteiger partial charge in [-0.1, -0.05) is 6.07 Å². The lowest BCUT2D eigenvalue weighted by atomic mass is 10.1. The zero-order valence-electron chi connectivity index (χ0n) is 19.8. The number of benzene rings is 2. The number of aromatic amines is 1. The first-order chi connectivity index (χ1) is 16.6. The lowest BCUT2D eigenvalue weighted by Crippen LogP contribution is -2.37. The number of anilines is 2. The second-order valence-electron chi connectivity index (χ2n) is 9.07. The summed E-state index contributed by atoms with van der Waals surface area (Å²) < 4.78 is 37.3. The average molecular weight is 494 g/mol. The number of hydrogen-bond acceptors (Lipinski definition) is 7. The van der Waals surface area contributed by atoms with E-state index in [4.69, 9.17) is 9.47 Å². The molecule has 0 aliphatic carbocycles. The van der Waals surface area contributed by atoms with Crippen molar-refractivity contribution in [2.24, 2.45) is 0 Å². The Hall–Kier alpha value is -3.63. The first kappa shape index (κ1) is 23.1. The Bertz CT molecular complexity index is 1490. The summed E-state index contributed by atoms with van der Waals surface area (Å²) in [4.78, 5) is 12.1. The molecule has 0 bridgehead atoms. The molecule has 5 rings (SSSR count). The largest absolute Gasteiger partial charge is 0.486 e. The Kier molecular flexibility index (Phi) is 5.86. The molecule has 2 aromatic heterocycles. The van der Waals surface area contributed by atoms with Crippen LogP contribution in [0.25, 0.3) is 10.9 Å². The van der Waals surface area contributed by atoms with Crippen LogP contribution in [0.3, 0.4) is 0 Å². The summed E-state index contributed by atoms with van der Waals surface area (Å²) >= 11 is 0. The van der Waals surface area contributed by atoms with E-state index >= 15 is 0 Å². The van der Waals surface area contributed by atoms with Gasteiger partial charge >= 0.3 is 0 Å². The molecule has 1 saturated heterocycles. The normalized spacial score (nSPS) is 18.6. The van der Waals surface area contributed by atoms with Crippen LogP contribution in [-0.4, -0.2) is 52.6 Å². The zero-order chi connectivity index (χ0) is 24.6. The van der Waals surface area contributed by atoms with Crippen molar-refractivity contribution in [3.8, 4) is 17.4 Å². The number of aryl methyl sites for hydroxylation is 1. The molecule has 2 N–H and O–H groups in total. The molecule has 2 aromatic carbocycles. The standard InChI is InChI=1S/C25H27N5O4S/c1-17-13-18-14-20(7-8-22(18)27-17)33-23-9-11-26-24(29-23)28-19-5-4-6-21(15-19)34-25(2)10-12-30(16-25)35(3,31)32/h4-9,11,13-15,27H,10,12,16H2,1-3H3,(H,26,28,29). The SMILES string of the molecule is Cc1cc2cc(Oc3ccnc(Nc4cccc(OC5(C)CCN(S(C)(=O)=O)C5)c4)n3)ccc2[nH]1. The van der Waals surface area contributed by atoms with Gasteiger partial charge in [-0.2, -0.15) is 9.29 Å². The zero-order valence-corrected chi connectivity index (χ0v) is 20.6. The highest BCUT2D eigenvalue weighted by Gasteiger charge is 2.39. The quantitative estimate of drug-likeness (QED) is 0.387. The van der Waals surface area contributed by atoms with Crippen LogP contribution < -0.4 is 14.8 Å². The summed E-state index contributed by atoms with van der Waals surface area (Å²) in [6, 6.07) is 17.0. The highest BCUT2D eigenvalue weighted by molar-refractivity contribution is 7.88. The van der Waals surface area contributed by atoms with E-state index in [0.717, 1.165) is 22.3 Å². The molecule has 0 saturated carbocycles. The molecule has 1 aliphatic rings. The van der Waals surface area contributed by atoms with E-state index in [0.29, 0.717) is 42.8 Å². The predicted octanol–water partition coefficient (Wildman–Crippen LogP) is 4.61. The minimum Gasteiger partial charge on any atom is -0.486 e. The fourth-order valence-electron chi connectivity index (χ4n) is 4.21. The number of fused-ring (bicyclic) bond motifs is 1. The van der Waals surface area contributed by atoms with Crippen LogP contribution in [0.1, 0.15) is 19.0 Å². The van der Waals surface area contributed by atoms with Crippen LogP contribution in [0, 0.1) is 6.92 Å². The van der Waals surface area contributed by atoms with Crippen molar-refractivity contribution in [3.63, 3.8) is 0 Å². The van der Waals surface area contributed by atoms with E-state index in [-0.39, 0.29) is 0 Å². The Morgan fingerprint density at radius 1 is 1.11 bits per heavy atom. The van der Waals surface area contributed by atoms with E-state index in [1.54, 1.807) is 12.3 Å². The maximum absolute atomic E-state index is 11.9. The second-order valence-corrected chi connectivity index (χ2v) is 11.1. The minimum absolute atomic E-state index is 0.320. The lowest BCUT2D eigenvalue weighted by molar-refractivity contribution is 0.105. The molecule has 3 heterocycles. The van der Waals surface area contributed by atoms with E-state index in [9.17, 15) is 8.42 Å². The van der Waals surface area contributed by atoms with Gasteiger partial charge in [-0.25, -0.2) is 13.4 Å². The Morgan fingerprint density at radius 3 is 2.77 bits per heavy atom. The van der Waals surface area contributed by atoms with Gasteiger partial charge in [-0.05, 0) is 50.2 Å². The molecule has 182 valence electrons. The molecule has 0 amide bonds. The fraction of sp³-hybridized carbons (Fsp3) is 0.280. The van der Waals surface area contributed by atoms with Crippen LogP contribution in [0.4, 0.5) is 11.6 Å². The molecular formula is C25H27N5O4S. The molecule has 35 heavy (non-hydrogen) atoms. The van der Waals surface area contributed by atoms with E-state index < -0.39 is 15.6 Å². The van der Waals surface area contributed by atoms with Crippen LogP contribution in [0.5, 0.6) is 17.4 Å². The van der Waals surface area contributed by atoms with Crippen molar-refractivity contribution < 1.29 is 17.9 Å². The third-order valence-electron chi connectivity index (χ3n) is 5.90. The van der Waals surface area contributed by atoms with Gasteiger partial charge in [0.25, 0.3) is 0 Å². The Labute approximate surface area is 204 Å². The second kappa shape index (κ2) is 8.86. The number of aromatic nitrogens is 3. The summed E-state index contributed by atoms with van der Waals surface area (Å²) in [7, 11) is -3.24. The van der Waals surface area contributed by atoms with Gasteiger partial charge < -0.3 is 19.8 Å². The smallest absolute Gasteiger partial charge is 0.230 e. The molecule has 10 heteroatoms. The fourth-order valence-corrected chi connectivity index (χ4v) is 5.14. The van der Waals surface area contributed by atoms with Crippen molar-refractivity contribution in [3.05, 3.63) is 66.5 Å². The number of H-pyrrole nitrogens is 1. The molecule has 4 aromatic rings. The monoisotopic (exact) mass is 493 g/mol. The molecule has 1 atom stereocenters. The lowest BCUT2D eigenvalue weighted by Gasteiger charge is -2.26. The van der Waals surface area contributed by atoms with Crippen molar-refractivity contribution in [2.45, 2.75) is 25.9 Å². The molecule has 0 spiro atoms. The minimum atomic E-state index is -3.24. The third kappa shape index (κ3) is 5.39. The van der Waals surface area contributed by atoms with Gasteiger partial charge in [0.15, 0.2) is 0 Å². The van der Waals surface area contributed by atoms with Gasteiger partial charge in [0, 0.05) is 53.6 Å². The Balaban J connectivity index is 1.27. The highest BCUT2D eigenvalue weighted by atomic mass is 32.2. The molecule has 9 nitrogen and oxygen atoms in total. The van der Waals surface area contributed by atoms with Gasteiger partial charge in [0.1, 0.15) is 17.1 Å². The van der Waals surface area contributed by atoms with Crippen molar-refractivity contribution in [1.82, 2.24) is 19.3 Å². The van der Waals surface area contributed by atoms with Crippen molar-refractivity contribution in [2.75, 3.05) is 24.7 Å². The average Bonchev–Trinajstić information content (AvgIpc) is 3.35. The summed E-state index contributed by atoms with van der Waals surface area (Å²) in [5.74, 6) is 2.12.